The molecule has 3 nitrogen and oxygen atoms in total. The highest BCUT2D eigenvalue weighted by Crippen LogP contribution is 2.34. The molecular formula is C26H35NO2. The smallest absolute Gasteiger partial charge is 0.119 e. The van der Waals surface area contributed by atoms with E-state index in [-0.39, 0.29) is 0 Å². The fourth-order valence-electron chi connectivity index (χ4n) is 4.00. The quantitative estimate of drug-likeness (QED) is 0.298. The molecule has 0 unspecified atom stereocenters. The van der Waals surface area contributed by atoms with Crippen molar-refractivity contribution in [3.8, 4) is 22.6 Å². The fourth-order valence-corrected chi connectivity index (χ4v) is 4.00. The minimum Gasteiger partial charge on any atom is -0.497 e. The van der Waals surface area contributed by atoms with Crippen LogP contribution in [-0.4, -0.2) is 18.8 Å². The van der Waals surface area contributed by atoms with Crippen LogP contribution in [0.25, 0.3) is 22.0 Å². The zero-order chi connectivity index (χ0) is 20.5. The maximum atomic E-state index is 5.48. The highest BCUT2D eigenvalue weighted by atomic mass is 16.5. The van der Waals surface area contributed by atoms with Crippen LogP contribution in [0, 0.1) is 0 Å². The largest absolute Gasteiger partial charge is 0.497 e. The van der Waals surface area contributed by atoms with E-state index >= 15 is 0 Å². The molecule has 0 spiro atoms. The van der Waals surface area contributed by atoms with Gasteiger partial charge in [0.05, 0.1) is 14.2 Å². The molecule has 0 aliphatic heterocycles. The summed E-state index contributed by atoms with van der Waals surface area (Å²) in [7, 11) is 3.43. The van der Waals surface area contributed by atoms with E-state index in [4.69, 9.17) is 9.47 Å². The van der Waals surface area contributed by atoms with Gasteiger partial charge in [0.15, 0.2) is 0 Å². The Bertz CT molecular complexity index is 880. The zero-order valence-corrected chi connectivity index (χ0v) is 18.2. The standard InChI is InChI=1S/C26H35NO2/c1-4-5-6-7-8-9-10-11-18-27-20-25(21-12-14-22(28-2)15-13-21)24-19-23(29-3)16-17-26(24)27/h12-17,19-20H,4-11,18H2,1-3H3. The predicted octanol–water partition coefficient (Wildman–Crippen LogP) is 7.47. The van der Waals surface area contributed by atoms with Gasteiger partial charge < -0.3 is 14.0 Å². The first-order valence-corrected chi connectivity index (χ1v) is 11.1. The molecule has 0 aliphatic carbocycles. The van der Waals surface area contributed by atoms with Crippen LogP contribution in [-0.2, 0) is 6.54 Å². The first kappa shape index (κ1) is 21.3. The summed E-state index contributed by atoms with van der Waals surface area (Å²) < 4.78 is 13.2. The number of rotatable bonds is 12. The van der Waals surface area contributed by atoms with Crippen molar-refractivity contribution in [3.63, 3.8) is 0 Å². The number of aryl methyl sites for hydroxylation is 1. The third kappa shape index (κ3) is 5.56. The van der Waals surface area contributed by atoms with Crippen molar-refractivity contribution >= 4 is 10.9 Å². The van der Waals surface area contributed by atoms with Crippen LogP contribution in [0.15, 0.2) is 48.7 Å². The van der Waals surface area contributed by atoms with Crippen molar-refractivity contribution in [2.75, 3.05) is 14.2 Å². The molecule has 0 amide bonds. The molecule has 0 radical (unpaired) electrons. The number of unbranched alkanes of at least 4 members (excludes halogenated alkanes) is 7. The Morgan fingerprint density at radius 2 is 1.34 bits per heavy atom. The maximum Gasteiger partial charge on any atom is 0.119 e. The molecule has 1 aromatic heterocycles. The minimum absolute atomic E-state index is 0.883. The summed E-state index contributed by atoms with van der Waals surface area (Å²) >= 11 is 0. The van der Waals surface area contributed by atoms with Gasteiger partial charge in [0.1, 0.15) is 11.5 Å². The van der Waals surface area contributed by atoms with Crippen LogP contribution in [0.4, 0.5) is 0 Å². The second-order valence-electron chi connectivity index (χ2n) is 7.82. The van der Waals surface area contributed by atoms with E-state index in [9.17, 15) is 0 Å². The van der Waals surface area contributed by atoms with Gasteiger partial charge in [-0.15, -0.1) is 0 Å². The molecule has 0 bridgehead atoms. The minimum atomic E-state index is 0.883. The average Bonchev–Trinajstić information content (AvgIpc) is 3.13. The van der Waals surface area contributed by atoms with Crippen LogP contribution in [0.5, 0.6) is 11.5 Å². The van der Waals surface area contributed by atoms with Gasteiger partial charge in [-0.1, -0.05) is 64.0 Å². The first-order chi connectivity index (χ1) is 14.3. The van der Waals surface area contributed by atoms with E-state index in [1.165, 1.54) is 73.4 Å². The number of hydrogen-bond donors (Lipinski definition) is 0. The van der Waals surface area contributed by atoms with E-state index in [0.717, 1.165) is 18.0 Å². The summed E-state index contributed by atoms with van der Waals surface area (Å²) in [5.74, 6) is 1.78. The topological polar surface area (TPSA) is 23.4 Å². The Labute approximate surface area is 175 Å². The SMILES string of the molecule is CCCCCCCCCCn1cc(-c2ccc(OC)cc2)c2cc(OC)ccc21. The molecule has 156 valence electrons. The molecule has 0 atom stereocenters. The number of fused-ring (bicyclic) bond motifs is 1. The summed E-state index contributed by atoms with van der Waals surface area (Å²) in [6, 6.07) is 14.7. The summed E-state index contributed by atoms with van der Waals surface area (Å²) in [6.45, 7) is 3.34. The van der Waals surface area contributed by atoms with Gasteiger partial charge in [0, 0.05) is 29.2 Å². The molecule has 29 heavy (non-hydrogen) atoms. The van der Waals surface area contributed by atoms with E-state index in [2.05, 4.69) is 48.0 Å². The highest BCUT2D eigenvalue weighted by molar-refractivity contribution is 5.97. The number of ether oxygens (including phenoxy) is 2. The van der Waals surface area contributed by atoms with Crippen molar-refractivity contribution in [3.05, 3.63) is 48.7 Å². The van der Waals surface area contributed by atoms with Crippen molar-refractivity contribution < 1.29 is 9.47 Å². The molecule has 3 aromatic rings. The molecule has 3 heteroatoms. The molecule has 0 aliphatic rings. The normalized spacial score (nSPS) is 11.1. The Balaban J connectivity index is 1.72. The summed E-state index contributed by atoms with van der Waals surface area (Å²) in [6.07, 6.45) is 13.0. The van der Waals surface area contributed by atoms with Gasteiger partial charge >= 0.3 is 0 Å². The van der Waals surface area contributed by atoms with Crippen LogP contribution >= 0.6 is 0 Å². The molecule has 2 aromatic carbocycles. The third-order valence-electron chi connectivity index (χ3n) is 5.74. The second kappa shape index (κ2) is 10.9. The van der Waals surface area contributed by atoms with Crippen molar-refractivity contribution in [1.82, 2.24) is 4.57 Å². The third-order valence-corrected chi connectivity index (χ3v) is 5.74. The fraction of sp³-hybridized carbons (Fsp3) is 0.462. The van der Waals surface area contributed by atoms with Crippen molar-refractivity contribution in [2.45, 2.75) is 64.8 Å². The number of nitrogens with zero attached hydrogens (tertiary/aromatic N) is 1. The molecule has 0 N–H and O–H groups in total. The van der Waals surface area contributed by atoms with Gasteiger partial charge in [-0.25, -0.2) is 0 Å². The summed E-state index contributed by atoms with van der Waals surface area (Å²) in [5, 5.41) is 1.24. The van der Waals surface area contributed by atoms with Crippen LogP contribution in [0.1, 0.15) is 58.3 Å². The Morgan fingerprint density at radius 3 is 2.00 bits per heavy atom. The Kier molecular flexibility index (Phi) is 8.03. The van der Waals surface area contributed by atoms with Crippen LogP contribution < -0.4 is 9.47 Å². The molecular weight excluding hydrogens is 358 g/mol. The lowest BCUT2D eigenvalue weighted by Gasteiger charge is -2.06. The number of benzene rings is 2. The summed E-state index contributed by atoms with van der Waals surface area (Å²) in [5.41, 5.74) is 3.74. The van der Waals surface area contributed by atoms with E-state index in [0.29, 0.717) is 0 Å². The Morgan fingerprint density at radius 1 is 0.724 bits per heavy atom. The second-order valence-corrected chi connectivity index (χ2v) is 7.82. The number of aromatic nitrogens is 1. The number of hydrogen-bond acceptors (Lipinski definition) is 2. The van der Waals surface area contributed by atoms with Crippen LogP contribution in [0.3, 0.4) is 0 Å². The van der Waals surface area contributed by atoms with E-state index in [1.807, 2.05) is 12.1 Å². The lowest BCUT2D eigenvalue weighted by atomic mass is 10.0. The molecule has 0 saturated carbocycles. The monoisotopic (exact) mass is 393 g/mol. The van der Waals surface area contributed by atoms with Gasteiger partial charge in [0.25, 0.3) is 0 Å². The lowest BCUT2D eigenvalue weighted by Crippen LogP contribution is -1.96. The maximum absolute atomic E-state index is 5.48. The first-order valence-electron chi connectivity index (χ1n) is 11.1. The summed E-state index contributed by atoms with van der Waals surface area (Å²) in [4.78, 5) is 0. The Hall–Kier alpha value is -2.42. The van der Waals surface area contributed by atoms with Gasteiger partial charge in [0.2, 0.25) is 0 Å². The number of methoxy groups -OCH3 is 2. The molecule has 1 heterocycles. The van der Waals surface area contributed by atoms with Gasteiger partial charge in [-0.05, 0) is 42.3 Å². The van der Waals surface area contributed by atoms with Gasteiger partial charge in [-0.2, -0.15) is 0 Å². The molecule has 0 fully saturated rings. The molecule has 3 rings (SSSR count). The average molecular weight is 394 g/mol. The van der Waals surface area contributed by atoms with Crippen molar-refractivity contribution in [1.29, 1.82) is 0 Å². The van der Waals surface area contributed by atoms with E-state index in [1.54, 1.807) is 14.2 Å². The van der Waals surface area contributed by atoms with Crippen molar-refractivity contribution in [2.24, 2.45) is 0 Å². The van der Waals surface area contributed by atoms with E-state index < -0.39 is 0 Å². The molecule has 0 saturated heterocycles. The lowest BCUT2D eigenvalue weighted by molar-refractivity contribution is 0.415. The van der Waals surface area contributed by atoms with Crippen LogP contribution in [0.2, 0.25) is 0 Å². The van der Waals surface area contributed by atoms with Gasteiger partial charge in [-0.3, -0.25) is 0 Å². The zero-order valence-electron chi connectivity index (χ0n) is 18.2. The predicted molar refractivity (Wildman–Crippen MR) is 123 cm³/mol. The highest BCUT2D eigenvalue weighted by Gasteiger charge is 2.12.